The third-order valence-corrected chi connectivity index (χ3v) is 3.65. The minimum atomic E-state index is -3.67. The van der Waals surface area contributed by atoms with Crippen molar-refractivity contribution in [2.75, 3.05) is 10.5 Å². The van der Waals surface area contributed by atoms with Gasteiger partial charge in [0, 0.05) is 0 Å². The molecule has 0 aliphatic rings. The van der Waals surface area contributed by atoms with E-state index in [2.05, 4.69) is 14.7 Å². The maximum absolute atomic E-state index is 11.8. The summed E-state index contributed by atoms with van der Waals surface area (Å²) in [6.45, 7) is 0. The van der Waals surface area contributed by atoms with E-state index in [9.17, 15) is 8.42 Å². The van der Waals surface area contributed by atoms with E-state index in [0.29, 0.717) is 11.4 Å². The number of nitrogen functional groups attached to an aromatic ring is 1. The summed E-state index contributed by atoms with van der Waals surface area (Å²) in [4.78, 5) is 6.15. The van der Waals surface area contributed by atoms with Crippen LogP contribution in [0.5, 0.6) is 0 Å². The summed E-state index contributed by atoms with van der Waals surface area (Å²) in [5.74, 6) is 0. The van der Waals surface area contributed by atoms with E-state index in [0.717, 1.165) is 0 Å². The largest absolute Gasteiger partial charge is 0.398 e. The van der Waals surface area contributed by atoms with Crippen LogP contribution in [-0.2, 0) is 10.0 Å². The number of sulfonamides is 1. The number of nitrogens with zero attached hydrogens (tertiary/aromatic N) is 1. The molecule has 8 heteroatoms. The number of benzene rings is 1. The Morgan fingerprint density at radius 1 is 1.41 bits per heavy atom. The maximum Gasteiger partial charge on any atom is 0.278 e. The number of hydrogen-bond acceptors (Lipinski definition) is 4. The van der Waals surface area contributed by atoms with Gasteiger partial charge in [0.2, 0.25) is 0 Å². The topological polar surface area (TPSA) is 101 Å². The Bertz CT molecular complexity index is 624. The highest BCUT2D eigenvalue weighted by Gasteiger charge is 2.15. The standard InChI is InChI=1S/C9H9ClN4O2S/c10-7-3-6(1-2-8(7)11)14-17(15,16)9-4-12-5-13-9/h1-5,14H,11H2,(H,12,13). The van der Waals surface area contributed by atoms with Crippen molar-refractivity contribution in [2.45, 2.75) is 5.03 Å². The van der Waals surface area contributed by atoms with Crippen LogP contribution < -0.4 is 10.5 Å². The van der Waals surface area contributed by atoms with Gasteiger partial charge in [0.25, 0.3) is 10.0 Å². The van der Waals surface area contributed by atoms with Crippen molar-refractivity contribution in [1.29, 1.82) is 0 Å². The molecule has 6 nitrogen and oxygen atoms in total. The van der Waals surface area contributed by atoms with Gasteiger partial charge in [0.05, 0.1) is 28.9 Å². The van der Waals surface area contributed by atoms with Crippen molar-refractivity contribution in [2.24, 2.45) is 0 Å². The number of nitrogens with two attached hydrogens (primary N) is 1. The number of rotatable bonds is 3. The number of H-pyrrole nitrogens is 1. The van der Waals surface area contributed by atoms with Crippen molar-refractivity contribution in [3.05, 3.63) is 35.7 Å². The second-order valence-corrected chi connectivity index (χ2v) is 5.32. The number of imidazole rings is 1. The van der Waals surface area contributed by atoms with Crippen molar-refractivity contribution >= 4 is 33.0 Å². The molecule has 0 radical (unpaired) electrons. The maximum atomic E-state index is 11.8. The average Bonchev–Trinajstić information content (AvgIpc) is 2.77. The number of anilines is 2. The van der Waals surface area contributed by atoms with Gasteiger partial charge in [-0.2, -0.15) is 8.42 Å². The van der Waals surface area contributed by atoms with Crippen molar-refractivity contribution in [3.63, 3.8) is 0 Å². The lowest BCUT2D eigenvalue weighted by molar-refractivity contribution is 0.598. The molecule has 2 aromatic rings. The lowest BCUT2D eigenvalue weighted by atomic mass is 10.3. The van der Waals surface area contributed by atoms with E-state index < -0.39 is 10.0 Å². The highest BCUT2D eigenvalue weighted by Crippen LogP contribution is 2.24. The highest BCUT2D eigenvalue weighted by atomic mass is 35.5. The van der Waals surface area contributed by atoms with Crippen LogP contribution in [0.25, 0.3) is 0 Å². The van der Waals surface area contributed by atoms with Crippen LogP contribution in [0.4, 0.5) is 11.4 Å². The minimum Gasteiger partial charge on any atom is -0.398 e. The van der Waals surface area contributed by atoms with Crippen LogP contribution in [0.1, 0.15) is 0 Å². The molecule has 2 rings (SSSR count). The molecule has 0 amide bonds. The summed E-state index contributed by atoms with van der Waals surface area (Å²) < 4.78 is 26.0. The molecule has 17 heavy (non-hydrogen) atoms. The smallest absolute Gasteiger partial charge is 0.278 e. The first kappa shape index (κ1) is 11.7. The Balaban J connectivity index is 2.30. The Morgan fingerprint density at radius 2 is 2.18 bits per heavy atom. The minimum absolute atomic E-state index is 0.0227. The summed E-state index contributed by atoms with van der Waals surface area (Å²) in [5, 5.41) is 0.264. The Labute approximate surface area is 103 Å². The van der Waals surface area contributed by atoms with E-state index in [1.807, 2.05) is 0 Å². The van der Waals surface area contributed by atoms with Crippen molar-refractivity contribution in [1.82, 2.24) is 9.97 Å². The van der Waals surface area contributed by atoms with Crippen molar-refractivity contribution < 1.29 is 8.42 Å². The first-order valence-corrected chi connectivity index (χ1v) is 6.41. The predicted molar refractivity (Wildman–Crippen MR) is 65.3 cm³/mol. The molecule has 0 fully saturated rings. The van der Waals surface area contributed by atoms with Gasteiger partial charge in [-0.05, 0) is 18.2 Å². The summed E-state index contributed by atoms with van der Waals surface area (Å²) in [5.41, 5.74) is 6.24. The lowest BCUT2D eigenvalue weighted by Gasteiger charge is -2.07. The molecule has 0 aliphatic carbocycles. The molecule has 1 aromatic heterocycles. The first-order valence-electron chi connectivity index (χ1n) is 4.55. The Hall–Kier alpha value is -1.73. The van der Waals surface area contributed by atoms with Gasteiger partial charge in [0.1, 0.15) is 0 Å². The number of hydrogen-bond donors (Lipinski definition) is 3. The van der Waals surface area contributed by atoms with Crippen LogP contribution in [0.2, 0.25) is 5.02 Å². The molecule has 0 bridgehead atoms. The normalized spacial score (nSPS) is 11.4. The van der Waals surface area contributed by atoms with Crippen LogP contribution in [0.3, 0.4) is 0 Å². The molecule has 0 saturated heterocycles. The van der Waals surface area contributed by atoms with Gasteiger partial charge in [-0.15, -0.1) is 0 Å². The monoisotopic (exact) mass is 272 g/mol. The molecule has 0 atom stereocenters. The van der Waals surface area contributed by atoms with E-state index in [4.69, 9.17) is 17.3 Å². The summed E-state index contributed by atoms with van der Waals surface area (Å²) in [6, 6.07) is 4.48. The molecular weight excluding hydrogens is 264 g/mol. The zero-order valence-corrected chi connectivity index (χ0v) is 10.1. The van der Waals surface area contributed by atoms with E-state index in [-0.39, 0.29) is 10.0 Å². The van der Waals surface area contributed by atoms with Gasteiger partial charge >= 0.3 is 0 Å². The fraction of sp³-hybridized carbons (Fsp3) is 0. The quantitative estimate of drug-likeness (QED) is 0.736. The second-order valence-electron chi connectivity index (χ2n) is 3.26. The zero-order chi connectivity index (χ0) is 12.5. The van der Waals surface area contributed by atoms with Gasteiger partial charge in [0.15, 0.2) is 5.03 Å². The molecule has 1 heterocycles. The summed E-state index contributed by atoms with van der Waals surface area (Å²) in [6.07, 6.45) is 2.49. The second kappa shape index (κ2) is 4.27. The van der Waals surface area contributed by atoms with Gasteiger partial charge in [-0.3, -0.25) is 4.72 Å². The third kappa shape index (κ3) is 2.51. The van der Waals surface area contributed by atoms with E-state index >= 15 is 0 Å². The molecule has 90 valence electrons. The number of halogens is 1. The van der Waals surface area contributed by atoms with Gasteiger partial charge in [-0.1, -0.05) is 11.6 Å². The number of aromatic amines is 1. The molecule has 0 unspecified atom stereocenters. The van der Waals surface area contributed by atoms with Crippen LogP contribution >= 0.6 is 11.6 Å². The third-order valence-electron chi connectivity index (χ3n) is 2.02. The summed E-state index contributed by atoms with van der Waals surface area (Å²) >= 11 is 5.79. The molecule has 0 saturated carbocycles. The lowest BCUT2D eigenvalue weighted by Crippen LogP contribution is -2.13. The van der Waals surface area contributed by atoms with Gasteiger partial charge in [-0.25, -0.2) is 4.98 Å². The Morgan fingerprint density at radius 3 is 2.76 bits per heavy atom. The average molecular weight is 273 g/mol. The fourth-order valence-corrected chi connectivity index (χ4v) is 2.33. The van der Waals surface area contributed by atoms with Crippen LogP contribution in [0, 0.1) is 0 Å². The highest BCUT2D eigenvalue weighted by molar-refractivity contribution is 7.92. The van der Waals surface area contributed by atoms with E-state index in [1.54, 1.807) is 0 Å². The van der Waals surface area contributed by atoms with Crippen molar-refractivity contribution in [3.8, 4) is 0 Å². The van der Waals surface area contributed by atoms with Crippen LogP contribution in [-0.4, -0.2) is 18.4 Å². The first-order chi connectivity index (χ1) is 7.99. The Kier molecular flexibility index (Phi) is 2.95. The van der Waals surface area contributed by atoms with Crippen LogP contribution in [0.15, 0.2) is 35.7 Å². The molecule has 0 aliphatic heterocycles. The van der Waals surface area contributed by atoms with Gasteiger partial charge < -0.3 is 10.7 Å². The molecule has 1 aromatic carbocycles. The fourth-order valence-electron chi connectivity index (χ4n) is 1.19. The number of nitrogens with one attached hydrogen (secondary N) is 2. The predicted octanol–water partition coefficient (Wildman–Crippen LogP) is 1.45. The molecule has 4 N–H and O–H groups in total. The number of aromatic nitrogens is 2. The zero-order valence-electron chi connectivity index (χ0n) is 8.51. The molecular formula is C9H9ClN4O2S. The summed E-state index contributed by atoms with van der Waals surface area (Å²) in [7, 11) is -3.67. The molecule has 0 spiro atoms. The van der Waals surface area contributed by atoms with E-state index in [1.165, 1.54) is 30.7 Å². The SMILES string of the molecule is Nc1ccc(NS(=O)(=O)c2cnc[nH]2)cc1Cl.